The molecule has 0 aliphatic carbocycles. The summed E-state index contributed by atoms with van der Waals surface area (Å²) in [6, 6.07) is 7.59. The monoisotopic (exact) mass is 294 g/mol. The number of para-hydroxylation sites is 1. The van der Waals surface area contributed by atoms with Crippen LogP contribution in [-0.2, 0) is 6.54 Å². The average Bonchev–Trinajstić information content (AvgIpc) is 2.35. The largest absolute Gasteiger partial charge is 0.496 e. The molecule has 88 valence electrons. The molecule has 4 nitrogen and oxygen atoms in total. The number of benzene rings is 1. The highest BCUT2D eigenvalue weighted by Gasteiger charge is 2.05. The Morgan fingerprint density at radius 3 is 2.94 bits per heavy atom. The zero-order valence-electron chi connectivity index (χ0n) is 9.26. The molecule has 0 atom stereocenters. The van der Waals surface area contributed by atoms with Gasteiger partial charge in [0.2, 0.25) is 0 Å². The van der Waals surface area contributed by atoms with Gasteiger partial charge in [-0.05, 0) is 22.0 Å². The Bertz CT molecular complexity index is 581. The van der Waals surface area contributed by atoms with Crippen molar-refractivity contribution in [3.05, 3.63) is 57.2 Å². The number of ether oxygens (including phenoxy) is 1. The molecule has 0 radical (unpaired) electrons. The van der Waals surface area contributed by atoms with Crippen LogP contribution in [0.15, 0.2) is 46.1 Å². The van der Waals surface area contributed by atoms with Crippen molar-refractivity contribution in [3.8, 4) is 5.75 Å². The predicted molar refractivity (Wildman–Crippen MR) is 68.3 cm³/mol. The van der Waals surface area contributed by atoms with Crippen molar-refractivity contribution >= 4 is 15.9 Å². The second kappa shape index (κ2) is 5.14. The van der Waals surface area contributed by atoms with Gasteiger partial charge in [-0.25, -0.2) is 4.98 Å². The molecule has 1 aromatic carbocycles. The van der Waals surface area contributed by atoms with E-state index in [-0.39, 0.29) is 5.56 Å². The van der Waals surface area contributed by atoms with Crippen molar-refractivity contribution in [2.75, 3.05) is 7.11 Å². The highest BCUT2D eigenvalue weighted by molar-refractivity contribution is 9.10. The fourth-order valence-electron chi connectivity index (χ4n) is 1.55. The zero-order valence-corrected chi connectivity index (χ0v) is 10.8. The zero-order chi connectivity index (χ0) is 12.3. The summed E-state index contributed by atoms with van der Waals surface area (Å²) in [6.07, 6.45) is 3.00. The molecule has 0 aliphatic heterocycles. The van der Waals surface area contributed by atoms with Crippen LogP contribution in [0.5, 0.6) is 5.75 Å². The van der Waals surface area contributed by atoms with Crippen molar-refractivity contribution < 1.29 is 4.74 Å². The summed E-state index contributed by atoms with van der Waals surface area (Å²) in [4.78, 5) is 15.8. The maximum Gasteiger partial charge on any atom is 0.267 e. The lowest BCUT2D eigenvalue weighted by atomic mass is 10.2. The number of hydrogen-bond donors (Lipinski definition) is 0. The summed E-state index contributed by atoms with van der Waals surface area (Å²) < 4.78 is 7.22. The number of halogens is 1. The van der Waals surface area contributed by atoms with Crippen molar-refractivity contribution in [1.82, 2.24) is 9.55 Å². The Morgan fingerprint density at radius 1 is 1.41 bits per heavy atom. The number of rotatable bonds is 3. The first-order chi connectivity index (χ1) is 8.22. The van der Waals surface area contributed by atoms with Crippen LogP contribution in [0.3, 0.4) is 0 Å². The number of hydrogen-bond acceptors (Lipinski definition) is 3. The normalized spacial score (nSPS) is 10.2. The molecule has 0 bridgehead atoms. The maximum atomic E-state index is 11.8. The second-order valence-corrected chi connectivity index (χ2v) is 4.34. The van der Waals surface area contributed by atoms with Crippen molar-refractivity contribution in [2.45, 2.75) is 6.54 Å². The Morgan fingerprint density at radius 2 is 2.18 bits per heavy atom. The Kier molecular flexibility index (Phi) is 3.58. The van der Waals surface area contributed by atoms with Gasteiger partial charge < -0.3 is 4.74 Å². The summed E-state index contributed by atoms with van der Waals surface area (Å²) in [7, 11) is 1.61. The highest BCUT2D eigenvalue weighted by atomic mass is 79.9. The van der Waals surface area contributed by atoms with Gasteiger partial charge in [0.25, 0.3) is 5.56 Å². The van der Waals surface area contributed by atoms with Crippen LogP contribution < -0.4 is 10.3 Å². The van der Waals surface area contributed by atoms with E-state index >= 15 is 0 Å². The fraction of sp³-hybridized carbons (Fsp3) is 0.167. The van der Waals surface area contributed by atoms with Crippen molar-refractivity contribution in [3.63, 3.8) is 0 Å². The van der Waals surface area contributed by atoms with E-state index in [4.69, 9.17) is 4.74 Å². The van der Waals surface area contributed by atoms with E-state index in [1.54, 1.807) is 7.11 Å². The van der Waals surface area contributed by atoms with Crippen LogP contribution in [-0.4, -0.2) is 16.7 Å². The summed E-state index contributed by atoms with van der Waals surface area (Å²) in [5.41, 5.74) is 0.836. The van der Waals surface area contributed by atoms with Crippen LogP contribution in [0, 0.1) is 0 Å². The van der Waals surface area contributed by atoms with Gasteiger partial charge >= 0.3 is 0 Å². The van der Waals surface area contributed by atoms with Crippen LogP contribution in [0.1, 0.15) is 5.56 Å². The standard InChI is InChI=1S/C12H11BrN2O2/c1-17-11-5-3-2-4-9(11)7-15-8-14-6-10(13)12(15)16/h2-6,8H,7H2,1H3. The minimum Gasteiger partial charge on any atom is -0.496 e. The molecular weight excluding hydrogens is 284 g/mol. The topological polar surface area (TPSA) is 44.1 Å². The van der Waals surface area contributed by atoms with Gasteiger partial charge in [-0.1, -0.05) is 18.2 Å². The van der Waals surface area contributed by atoms with Gasteiger partial charge in [0.05, 0.1) is 20.0 Å². The van der Waals surface area contributed by atoms with E-state index in [1.165, 1.54) is 17.1 Å². The van der Waals surface area contributed by atoms with E-state index < -0.39 is 0 Å². The third-order valence-electron chi connectivity index (χ3n) is 2.39. The van der Waals surface area contributed by atoms with E-state index in [0.717, 1.165) is 11.3 Å². The summed E-state index contributed by atoms with van der Waals surface area (Å²) in [6.45, 7) is 0.440. The highest BCUT2D eigenvalue weighted by Crippen LogP contribution is 2.17. The van der Waals surface area contributed by atoms with Gasteiger partial charge in [-0.2, -0.15) is 0 Å². The molecule has 0 saturated carbocycles. The molecule has 0 saturated heterocycles. The van der Waals surface area contributed by atoms with Gasteiger partial charge in [0.15, 0.2) is 0 Å². The van der Waals surface area contributed by atoms with E-state index in [9.17, 15) is 4.79 Å². The minimum absolute atomic E-state index is 0.106. The van der Waals surface area contributed by atoms with Gasteiger partial charge in [0.1, 0.15) is 10.2 Å². The lowest BCUT2D eigenvalue weighted by Crippen LogP contribution is -2.21. The molecule has 0 amide bonds. The van der Waals surface area contributed by atoms with Crippen molar-refractivity contribution in [2.24, 2.45) is 0 Å². The van der Waals surface area contributed by atoms with Gasteiger partial charge in [-0.3, -0.25) is 9.36 Å². The molecule has 5 heteroatoms. The Hall–Kier alpha value is -1.62. The third kappa shape index (κ3) is 2.55. The average molecular weight is 295 g/mol. The van der Waals surface area contributed by atoms with Gasteiger partial charge in [-0.15, -0.1) is 0 Å². The summed E-state index contributed by atoms with van der Waals surface area (Å²) in [5, 5.41) is 0. The van der Waals surface area contributed by atoms with E-state index in [0.29, 0.717) is 11.0 Å². The maximum absolute atomic E-state index is 11.8. The minimum atomic E-state index is -0.106. The molecule has 0 fully saturated rings. The van der Waals surface area contributed by atoms with Crippen LogP contribution in [0.4, 0.5) is 0 Å². The second-order valence-electron chi connectivity index (χ2n) is 3.49. The number of methoxy groups -OCH3 is 1. The van der Waals surface area contributed by atoms with Gasteiger partial charge in [0, 0.05) is 11.8 Å². The fourth-order valence-corrected chi connectivity index (χ4v) is 1.90. The van der Waals surface area contributed by atoms with Crippen molar-refractivity contribution in [1.29, 1.82) is 0 Å². The molecule has 0 unspecified atom stereocenters. The van der Waals surface area contributed by atoms with Crippen LogP contribution in [0.2, 0.25) is 0 Å². The van der Waals surface area contributed by atoms with Crippen LogP contribution >= 0.6 is 15.9 Å². The molecule has 0 aliphatic rings. The van der Waals surface area contributed by atoms with E-state index in [2.05, 4.69) is 20.9 Å². The summed E-state index contributed by atoms with van der Waals surface area (Å²) in [5.74, 6) is 0.763. The SMILES string of the molecule is COc1ccccc1Cn1cncc(Br)c1=O. The molecule has 17 heavy (non-hydrogen) atoms. The molecule has 2 aromatic rings. The number of nitrogens with zero attached hydrogens (tertiary/aromatic N) is 2. The first-order valence-electron chi connectivity index (χ1n) is 5.04. The van der Waals surface area contributed by atoms with Crippen LogP contribution in [0.25, 0.3) is 0 Å². The van der Waals surface area contributed by atoms with E-state index in [1.807, 2.05) is 24.3 Å². The summed E-state index contributed by atoms with van der Waals surface area (Å²) >= 11 is 3.17. The first-order valence-corrected chi connectivity index (χ1v) is 5.83. The first kappa shape index (κ1) is 11.9. The lowest BCUT2D eigenvalue weighted by molar-refractivity contribution is 0.408. The molecule has 1 heterocycles. The quantitative estimate of drug-likeness (QED) is 0.870. The lowest BCUT2D eigenvalue weighted by Gasteiger charge is -2.09. The third-order valence-corrected chi connectivity index (χ3v) is 2.94. The smallest absolute Gasteiger partial charge is 0.267 e. The number of aromatic nitrogens is 2. The predicted octanol–water partition coefficient (Wildman–Crippen LogP) is 2.06. The Labute approximate surface area is 107 Å². The molecule has 1 aromatic heterocycles. The Balaban J connectivity index is 2.38. The molecule has 2 rings (SSSR count). The molecule has 0 spiro atoms. The molecular formula is C12H11BrN2O2. The molecule has 0 N–H and O–H groups in total.